The van der Waals surface area contributed by atoms with Crippen molar-refractivity contribution < 1.29 is 9.72 Å². The van der Waals surface area contributed by atoms with Gasteiger partial charge in [-0.15, -0.1) is 0 Å². The summed E-state index contributed by atoms with van der Waals surface area (Å²) in [5.41, 5.74) is -0.257. The van der Waals surface area contributed by atoms with E-state index in [2.05, 4.69) is 0 Å². The molecule has 114 valence electrons. The highest BCUT2D eigenvalue weighted by Gasteiger charge is 2.18. The van der Waals surface area contributed by atoms with Crippen LogP contribution in [0, 0.1) is 17.0 Å². The molecule has 0 radical (unpaired) electrons. The molecule has 0 aromatic carbocycles. The van der Waals surface area contributed by atoms with Crippen molar-refractivity contribution in [3.63, 3.8) is 0 Å². The van der Waals surface area contributed by atoms with Gasteiger partial charge >= 0.3 is 0 Å². The molecule has 1 fully saturated rings. The summed E-state index contributed by atoms with van der Waals surface area (Å²) in [5.74, 6) is -0.154. The number of aromatic nitrogens is 1. The largest absolute Gasteiger partial charge is 0.341 e. The number of carbonyl (C=O) groups is 1. The number of aryl methyl sites for hydroxylation is 1. The molecule has 21 heavy (non-hydrogen) atoms. The zero-order chi connectivity index (χ0) is 15.4. The van der Waals surface area contributed by atoms with Crippen molar-refractivity contribution in [2.45, 2.75) is 39.2 Å². The molecule has 1 aromatic heterocycles. The molecule has 0 saturated carbocycles. The molecule has 2 rings (SSSR count). The van der Waals surface area contributed by atoms with Gasteiger partial charge in [0, 0.05) is 24.7 Å². The molecule has 0 aliphatic carbocycles. The molecule has 0 unspecified atom stereocenters. The highest BCUT2D eigenvalue weighted by molar-refractivity contribution is 5.76. The Hall–Kier alpha value is -2.18. The van der Waals surface area contributed by atoms with E-state index in [-0.39, 0.29) is 29.3 Å². The first kappa shape index (κ1) is 15.2. The standard InChI is InChI=1S/C14H19N3O4/c1-11-8-12(17(20)21)9-16(14(11)19)10-13(18)15-6-4-2-3-5-7-15/h8-9H,2-7,10H2,1H3. The monoisotopic (exact) mass is 293 g/mol. The van der Waals surface area contributed by atoms with Crippen LogP contribution in [0.25, 0.3) is 0 Å². The summed E-state index contributed by atoms with van der Waals surface area (Å²) in [6, 6.07) is 1.23. The van der Waals surface area contributed by atoms with Crippen LogP contribution >= 0.6 is 0 Å². The zero-order valence-electron chi connectivity index (χ0n) is 12.1. The maximum Gasteiger partial charge on any atom is 0.286 e. The summed E-state index contributed by atoms with van der Waals surface area (Å²) in [5, 5.41) is 10.8. The van der Waals surface area contributed by atoms with Crippen molar-refractivity contribution in [3.05, 3.63) is 38.3 Å². The van der Waals surface area contributed by atoms with E-state index in [9.17, 15) is 19.7 Å². The van der Waals surface area contributed by atoms with Crippen LogP contribution in [0.4, 0.5) is 5.69 Å². The molecule has 1 aromatic rings. The second-order valence-electron chi connectivity index (χ2n) is 5.37. The van der Waals surface area contributed by atoms with E-state index >= 15 is 0 Å². The SMILES string of the molecule is Cc1cc([N+](=O)[O-])cn(CC(=O)N2CCCCCC2)c1=O. The van der Waals surface area contributed by atoms with Crippen LogP contribution in [0.5, 0.6) is 0 Å². The minimum Gasteiger partial charge on any atom is -0.341 e. The lowest BCUT2D eigenvalue weighted by Crippen LogP contribution is -2.37. The summed E-state index contributed by atoms with van der Waals surface area (Å²) in [6.07, 6.45) is 5.30. The molecule has 2 heterocycles. The first-order chi connectivity index (χ1) is 9.99. The normalized spacial score (nSPS) is 15.6. The number of hydrogen-bond acceptors (Lipinski definition) is 4. The molecule has 0 N–H and O–H groups in total. The minimum absolute atomic E-state index is 0.138. The van der Waals surface area contributed by atoms with Gasteiger partial charge in [0.2, 0.25) is 5.91 Å². The lowest BCUT2D eigenvalue weighted by molar-refractivity contribution is -0.385. The molecular weight excluding hydrogens is 274 g/mol. The number of nitro groups is 1. The summed E-state index contributed by atoms with van der Waals surface area (Å²) < 4.78 is 1.14. The van der Waals surface area contributed by atoms with Crippen LogP contribution in [-0.2, 0) is 11.3 Å². The highest BCUT2D eigenvalue weighted by atomic mass is 16.6. The summed E-state index contributed by atoms with van der Waals surface area (Å²) in [6.45, 7) is 2.77. The van der Waals surface area contributed by atoms with Crippen molar-refractivity contribution in [2.24, 2.45) is 0 Å². The van der Waals surface area contributed by atoms with E-state index in [0.29, 0.717) is 13.1 Å². The molecule has 7 nitrogen and oxygen atoms in total. The average molecular weight is 293 g/mol. The van der Waals surface area contributed by atoms with Gasteiger partial charge in [0.25, 0.3) is 11.2 Å². The third kappa shape index (κ3) is 3.68. The number of pyridine rings is 1. The maximum atomic E-state index is 12.3. The van der Waals surface area contributed by atoms with Gasteiger partial charge in [0.05, 0.1) is 11.1 Å². The van der Waals surface area contributed by atoms with Gasteiger partial charge in [0.15, 0.2) is 0 Å². The molecule has 1 amide bonds. The van der Waals surface area contributed by atoms with Gasteiger partial charge in [-0.05, 0) is 19.8 Å². The first-order valence-corrected chi connectivity index (χ1v) is 7.12. The topological polar surface area (TPSA) is 85.4 Å². The Balaban J connectivity index is 2.20. The molecule has 1 aliphatic heterocycles. The van der Waals surface area contributed by atoms with Crippen LogP contribution in [-0.4, -0.2) is 33.4 Å². The second kappa shape index (κ2) is 6.51. The molecule has 0 spiro atoms. The van der Waals surface area contributed by atoms with Gasteiger partial charge in [0.1, 0.15) is 6.54 Å². The fourth-order valence-electron chi connectivity index (χ4n) is 2.55. The fourth-order valence-corrected chi connectivity index (χ4v) is 2.55. The predicted octanol–water partition coefficient (Wildman–Crippen LogP) is 1.47. The number of hydrogen-bond donors (Lipinski definition) is 0. The van der Waals surface area contributed by atoms with E-state index in [1.54, 1.807) is 4.90 Å². The number of likely N-dealkylation sites (tertiary alicyclic amines) is 1. The van der Waals surface area contributed by atoms with Gasteiger partial charge in [-0.2, -0.15) is 0 Å². The van der Waals surface area contributed by atoms with E-state index < -0.39 is 4.92 Å². The maximum absolute atomic E-state index is 12.3. The lowest BCUT2D eigenvalue weighted by Gasteiger charge is -2.20. The van der Waals surface area contributed by atoms with Gasteiger partial charge in [-0.25, -0.2) is 0 Å². The average Bonchev–Trinajstić information content (AvgIpc) is 2.72. The predicted molar refractivity (Wildman–Crippen MR) is 77.1 cm³/mol. The van der Waals surface area contributed by atoms with E-state index in [1.807, 2.05) is 0 Å². The molecule has 7 heteroatoms. The Bertz CT molecular complexity index is 601. The quantitative estimate of drug-likeness (QED) is 0.624. The van der Waals surface area contributed by atoms with Crippen molar-refractivity contribution in [1.29, 1.82) is 0 Å². The summed E-state index contributed by atoms with van der Waals surface area (Å²) in [4.78, 5) is 36.3. The van der Waals surface area contributed by atoms with E-state index in [4.69, 9.17) is 0 Å². The van der Waals surface area contributed by atoms with Gasteiger partial charge in [-0.3, -0.25) is 24.3 Å². The van der Waals surface area contributed by atoms with Crippen LogP contribution in [0.15, 0.2) is 17.1 Å². The Kier molecular flexibility index (Phi) is 4.72. The molecule has 1 aliphatic rings. The molecule has 1 saturated heterocycles. The van der Waals surface area contributed by atoms with Crippen LogP contribution in [0.2, 0.25) is 0 Å². The summed E-state index contributed by atoms with van der Waals surface area (Å²) >= 11 is 0. The number of rotatable bonds is 3. The summed E-state index contributed by atoms with van der Waals surface area (Å²) in [7, 11) is 0. The third-order valence-corrected chi connectivity index (χ3v) is 3.73. The molecule has 0 bridgehead atoms. The van der Waals surface area contributed by atoms with Crippen molar-refractivity contribution in [1.82, 2.24) is 9.47 Å². The van der Waals surface area contributed by atoms with Crippen molar-refractivity contribution >= 4 is 11.6 Å². The van der Waals surface area contributed by atoms with E-state index in [0.717, 1.165) is 36.4 Å². The van der Waals surface area contributed by atoms with Crippen molar-refractivity contribution in [2.75, 3.05) is 13.1 Å². The highest BCUT2D eigenvalue weighted by Crippen LogP contribution is 2.12. The van der Waals surface area contributed by atoms with Crippen molar-refractivity contribution in [3.8, 4) is 0 Å². The first-order valence-electron chi connectivity index (χ1n) is 7.12. The smallest absolute Gasteiger partial charge is 0.286 e. The second-order valence-corrected chi connectivity index (χ2v) is 5.37. The van der Waals surface area contributed by atoms with Crippen LogP contribution in [0.1, 0.15) is 31.2 Å². The zero-order valence-corrected chi connectivity index (χ0v) is 12.1. The third-order valence-electron chi connectivity index (χ3n) is 3.73. The Labute approximate surface area is 122 Å². The Morgan fingerprint density at radius 1 is 1.29 bits per heavy atom. The van der Waals surface area contributed by atoms with Crippen LogP contribution in [0.3, 0.4) is 0 Å². The Morgan fingerprint density at radius 3 is 2.48 bits per heavy atom. The number of carbonyl (C=O) groups excluding carboxylic acids is 1. The van der Waals surface area contributed by atoms with Crippen LogP contribution < -0.4 is 5.56 Å². The van der Waals surface area contributed by atoms with E-state index in [1.165, 1.54) is 13.0 Å². The molecule has 0 atom stereocenters. The Morgan fingerprint density at radius 2 is 1.90 bits per heavy atom. The molecular formula is C14H19N3O4. The lowest BCUT2D eigenvalue weighted by atomic mass is 10.2. The number of amides is 1. The van der Waals surface area contributed by atoms with Gasteiger partial charge < -0.3 is 4.90 Å². The minimum atomic E-state index is -0.556. The fraction of sp³-hybridized carbons (Fsp3) is 0.571. The van der Waals surface area contributed by atoms with Gasteiger partial charge in [-0.1, -0.05) is 12.8 Å². The number of nitrogens with zero attached hydrogens (tertiary/aromatic N) is 3.